The summed E-state index contributed by atoms with van der Waals surface area (Å²) in [5, 5.41) is 2.59. The molecule has 3 nitrogen and oxygen atoms in total. The molecule has 2 aromatic carbocycles. The number of hydrogen-bond donors (Lipinski definition) is 1. The smallest absolute Gasteiger partial charge is 0.367 e. The highest BCUT2D eigenvalue weighted by Gasteiger charge is 2.30. The predicted octanol–water partition coefficient (Wildman–Crippen LogP) is 4.64. The summed E-state index contributed by atoms with van der Waals surface area (Å²) >= 11 is 0. The van der Waals surface area contributed by atoms with Crippen LogP contribution in [0.1, 0.15) is 22.3 Å². The molecule has 0 heterocycles. The van der Waals surface area contributed by atoms with Gasteiger partial charge in [-0.15, -0.1) is 0 Å². The van der Waals surface area contributed by atoms with Crippen LogP contribution in [0.15, 0.2) is 48.5 Å². The molecule has 2 rings (SSSR count). The topological polar surface area (TPSA) is 38.3 Å². The van der Waals surface area contributed by atoms with E-state index in [0.29, 0.717) is 11.1 Å². The van der Waals surface area contributed by atoms with Crippen LogP contribution in [0.5, 0.6) is 0 Å². The number of alkyl halides is 6. The molecule has 0 aliphatic carbocycles. The highest BCUT2D eigenvalue weighted by molar-refractivity contribution is 5.78. The van der Waals surface area contributed by atoms with E-state index < -0.39 is 30.4 Å². The number of halogens is 6. The molecule has 28 heavy (non-hydrogen) atoms. The number of rotatable bonds is 7. The van der Waals surface area contributed by atoms with Crippen molar-refractivity contribution < 1.29 is 35.9 Å². The average molecular weight is 405 g/mol. The minimum atomic E-state index is -4.47. The van der Waals surface area contributed by atoms with Crippen LogP contribution >= 0.6 is 0 Å². The van der Waals surface area contributed by atoms with Crippen molar-refractivity contribution in [3.63, 3.8) is 0 Å². The Kier molecular flexibility index (Phi) is 7.06. The molecule has 0 saturated carbocycles. The number of nitrogens with one attached hydrogen (secondary N) is 1. The van der Waals surface area contributed by atoms with Gasteiger partial charge in [0.1, 0.15) is 6.61 Å². The van der Waals surface area contributed by atoms with Crippen molar-refractivity contribution in [1.29, 1.82) is 0 Å². The van der Waals surface area contributed by atoms with Crippen LogP contribution < -0.4 is 5.32 Å². The van der Waals surface area contributed by atoms with E-state index in [1.54, 1.807) is 24.3 Å². The summed E-state index contributed by atoms with van der Waals surface area (Å²) < 4.78 is 78.6. The van der Waals surface area contributed by atoms with E-state index in [-0.39, 0.29) is 25.1 Å². The van der Waals surface area contributed by atoms with Gasteiger partial charge in [-0.2, -0.15) is 26.3 Å². The molecule has 0 fully saturated rings. The van der Waals surface area contributed by atoms with E-state index in [1.807, 2.05) is 0 Å². The van der Waals surface area contributed by atoms with Crippen molar-refractivity contribution in [2.24, 2.45) is 0 Å². The Morgan fingerprint density at radius 2 is 1.54 bits per heavy atom. The number of carbonyl (C=O) groups excluding carboxylic acids is 1. The molecule has 2 aromatic rings. The lowest BCUT2D eigenvalue weighted by molar-refractivity contribution is -0.176. The molecule has 9 heteroatoms. The van der Waals surface area contributed by atoms with Gasteiger partial charge in [-0.05, 0) is 22.8 Å². The van der Waals surface area contributed by atoms with E-state index in [2.05, 4.69) is 10.1 Å². The molecular weight excluding hydrogens is 388 g/mol. The van der Waals surface area contributed by atoms with Crippen LogP contribution in [0.3, 0.4) is 0 Å². The van der Waals surface area contributed by atoms with Gasteiger partial charge in [0.25, 0.3) is 0 Å². The zero-order valence-electron chi connectivity index (χ0n) is 14.5. The van der Waals surface area contributed by atoms with Crippen molar-refractivity contribution in [1.82, 2.24) is 5.32 Å². The third kappa shape index (κ3) is 7.59. The van der Waals surface area contributed by atoms with Gasteiger partial charge < -0.3 is 10.1 Å². The predicted molar refractivity (Wildman–Crippen MR) is 89.1 cm³/mol. The third-order valence-electron chi connectivity index (χ3n) is 3.67. The fourth-order valence-corrected chi connectivity index (χ4v) is 2.34. The first-order valence-corrected chi connectivity index (χ1v) is 8.18. The molecule has 0 aromatic heterocycles. The first kappa shape index (κ1) is 21.7. The van der Waals surface area contributed by atoms with Crippen molar-refractivity contribution >= 4 is 5.91 Å². The molecule has 0 unspecified atom stereocenters. The van der Waals surface area contributed by atoms with E-state index in [4.69, 9.17) is 0 Å². The van der Waals surface area contributed by atoms with E-state index in [1.165, 1.54) is 12.1 Å². The number of hydrogen-bond acceptors (Lipinski definition) is 2. The van der Waals surface area contributed by atoms with E-state index in [9.17, 15) is 31.1 Å². The van der Waals surface area contributed by atoms with Crippen molar-refractivity contribution in [3.05, 3.63) is 70.8 Å². The number of benzene rings is 2. The molecule has 0 aliphatic heterocycles. The number of carbonyl (C=O) groups is 1. The highest BCUT2D eigenvalue weighted by atomic mass is 19.4. The second-order valence-electron chi connectivity index (χ2n) is 6.08. The summed E-state index contributed by atoms with van der Waals surface area (Å²) in [6, 6.07) is 10.9. The van der Waals surface area contributed by atoms with Crippen molar-refractivity contribution in [2.45, 2.75) is 31.9 Å². The summed E-state index contributed by atoms with van der Waals surface area (Å²) in [4.78, 5) is 11.9. The molecule has 0 atom stereocenters. The lowest BCUT2D eigenvalue weighted by Crippen LogP contribution is -2.24. The van der Waals surface area contributed by atoms with Crippen LogP contribution in [-0.4, -0.2) is 18.7 Å². The molecule has 1 N–H and O–H groups in total. The van der Waals surface area contributed by atoms with Crippen LogP contribution in [0.25, 0.3) is 0 Å². The lowest BCUT2D eigenvalue weighted by Gasteiger charge is -2.10. The largest absolute Gasteiger partial charge is 0.416 e. The maximum absolute atomic E-state index is 12.7. The fourth-order valence-electron chi connectivity index (χ4n) is 2.34. The van der Waals surface area contributed by atoms with Crippen LogP contribution in [0, 0.1) is 0 Å². The SMILES string of the molecule is O=C(Cc1cccc(C(F)(F)F)c1)NCc1ccc(COCC(F)(F)F)cc1. The Morgan fingerprint density at radius 1 is 0.893 bits per heavy atom. The Morgan fingerprint density at radius 3 is 2.14 bits per heavy atom. The molecule has 0 bridgehead atoms. The monoisotopic (exact) mass is 405 g/mol. The minimum Gasteiger partial charge on any atom is -0.367 e. The summed E-state index contributed by atoms with van der Waals surface area (Å²) in [6.07, 6.45) is -9.06. The Balaban J connectivity index is 1.81. The van der Waals surface area contributed by atoms with Crippen molar-refractivity contribution in [3.8, 4) is 0 Å². The van der Waals surface area contributed by atoms with Crippen LogP contribution in [0.2, 0.25) is 0 Å². The van der Waals surface area contributed by atoms with Gasteiger partial charge in [-0.3, -0.25) is 4.79 Å². The zero-order valence-corrected chi connectivity index (χ0v) is 14.5. The third-order valence-corrected chi connectivity index (χ3v) is 3.67. The first-order valence-electron chi connectivity index (χ1n) is 8.18. The quantitative estimate of drug-likeness (QED) is 0.682. The summed E-state index contributed by atoms with van der Waals surface area (Å²) in [6.45, 7) is -1.39. The van der Waals surface area contributed by atoms with Crippen molar-refractivity contribution in [2.75, 3.05) is 6.61 Å². The van der Waals surface area contributed by atoms with Gasteiger partial charge in [0.15, 0.2) is 0 Å². The minimum absolute atomic E-state index is 0.140. The maximum Gasteiger partial charge on any atom is 0.416 e. The molecular formula is C19H17F6NO2. The van der Waals surface area contributed by atoms with Gasteiger partial charge in [0.05, 0.1) is 18.6 Å². The molecule has 0 saturated heterocycles. The van der Waals surface area contributed by atoms with Gasteiger partial charge in [0.2, 0.25) is 5.91 Å². The Bertz CT molecular complexity index is 784. The van der Waals surface area contributed by atoms with Gasteiger partial charge in [0, 0.05) is 6.54 Å². The molecule has 0 spiro atoms. The first-order chi connectivity index (χ1) is 13.0. The van der Waals surface area contributed by atoms with E-state index in [0.717, 1.165) is 12.1 Å². The van der Waals surface area contributed by atoms with Gasteiger partial charge in [-0.25, -0.2) is 0 Å². The normalized spacial score (nSPS) is 12.1. The highest BCUT2D eigenvalue weighted by Crippen LogP contribution is 2.29. The number of amides is 1. The zero-order chi connectivity index (χ0) is 20.8. The summed E-state index contributed by atoms with van der Waals surface area (Å²) in [5.74, 6) is -0.447. The average Bonchev–Trinajstić information content (AvgIpc) is 2.59. The van der Waals surface area contributed by atoms with Gasteiger partial charge in [-0.1, -0.05) is 42.5 Å². The standard InChI is InChI=1S/C19H17F6NO2/c20-18(21,22)12-28-11-14-6-4-13(5-7-14)10-26-17(27)9-15-2-1-3-16(8-15)19(23,24)25/h1-8H,9-12H2,(H,26,27). The Hall–Kier alpha value is -2.55. The van der Waals surface area contributed by atoms with Gasteiger partial charge >= 0.3 is 12.4 Å². The maximum atomic E-state index is 12.7. The number of ether oxygens (including phenoxy) is 1. The van der Waals surface area contributed by atoms with Crippen LogP contribution in [0.4, 0.5) is 26.3 Å². The molecule has 0 aliphatic rings. The molecule has 0 radical (unpaired) electrons. The second kappa shape index (κ2) is 9.09. The summed E-state index contributed by atoms with van der Waals surface area (Å²) in [7, 11) is 0. The second-order valence-corrected chi connectivity index (χ2v) is 6.08. The lowest BCUT2D eigenvalue weighted by atomic mass is 10.1. The fraction of sp³-hybridized carbons (Fsp3) is 0.316. The van der Waals surface area contributed by atoms with E-state index >= 15 is 0 Å². The Labute approximate surface area is 157 Å². The molecule has 1 amide bonds. The molecule has 152 valence electrons. The summed E-state index contributed by atoms with van der Waals surface area (Å²) in [5.41, 5.74) is 0.658. The van der Waals surface area contributed by atoms with Crippen LogP contribution in [-0.2, 0) is 35.3 Å².